The van der Waals surface area contributed by atoms with Crippen molar-refractivity contribution in [3.8, 4) is 17.6 Å². The van der Waals surface area contributed by atoms with E-state index in [2.05, 4.69) is 12.1 Å². The summed E-state index contributed by atoms with van der Waals surface area (Å²) in [5, 5.41) is 9.81. The summed E-state index contributed by atoms with van der Waals surface area (Å²) in [6, 6.07) is 15.7. The van der Waals surface area contributed by atoms with Crippen LogP contribution in [0.5, 0.6) is 11.5 Å². The Balaban J connectivity index is 1.86. The second-order valence-corrected chi connectivity index (χ2v) is 8.10. The minimum Gasteiger partial charge on any atom is -0.493 e. The molecule has 0 fully saturated rings. The van der Waals surface area contributed by atoms with Gasteiger partial charge in [-0.05, 0) is 60.2 Å². The fourth-order valence-electron chi connectivity index (χ4n) is 4.37. The van der Waals surface area contributed by atoms with Gasteiger partial charge >= 0.3 is 0 Å². The molecule has 1 amide bonds. The molecule has 0 radical (unpaired) electrons. The lowest BCUT2D eigenvalue weighted by molar-refractivity contribution is 0.0798. The molecule has 6 nitrogen and oxygen atoms in total. The molecule has 0 atom stereocenters. The first-order valence-electron chi connectivity index (χ1n) is 11.0. The third kappa shape index (κ3) is 4.40. The van der Waals surface area contributed by atoms with Crippen LogP contribution in [-0.4, -0.2) is 43.6 Å². The lowest BCUT2D eigenvalue weighted by Crippen LogP contribution is -2.29. The summed E-state index contributed by atoms with van der Waals surface area (Å²) < 4.78 is 10.8. The van der Waals surface area contributed by atoms with Crippen molar-refractivity contribution in [1.82, 2.24) is 9.88 Å². The van der Waals surface area contributed by atoms with E-state index in [9.17, 15) is 4.79 Å². The van der Waals surface area contributed by atoms with Gasteiger partial charge in [-0.15, -0.1) is 0 Å². The molecule has 0 aliphatic heterocycles. The van der Waals surface area contributed by atoms with Crippen molar-refractivity contribution >= 4 is 28.5 Å². The molecule has 2 aromatic carbocycles. The zero-order chi connectivity index (χ0) is 23.4. The quantitative estimate of drug-likeness (QED) is 0.531. The van der Waals surface area contributed by atoms with Crippen LogP contribution < -0.4 is 9.47 Å². The Bertz CT molecular complexity index is 1270. The first kappa shape index (κ1) is 22.3. The summed E-state index contributed by atoms with van der Waals surface area (Å²) >= 11 is 0. The Morgan fingerprint density at radius 3 is 2.70 bits per heavy atom. The molecule has 0 saturated heterocycles. The minimum atomic E-state index is -0.0625. The number of carbonyl (C=O) groups is 1. The number of methoxy groups -OCH3 is 2. The van der Waals surface area contributed by atoms with Crippen molar-refractivity contribution in [2.75, 3.05) is 27.8 Å². The summed E-state index contributed by atoms with van der Waals surface area (Å²) in [6.45, 7) is 0.398. The number of aromatic nitrogens is 1. The van der Waals surface area contributed by atoms with Crippen LogP contribution in [0.4, 0.5) is 0 Å². The van der Waals surface area contributed by atoms with Crippen LogP contribution in [0.2, 0.25) is 0 Å². The van der Waals surface area contributed by atoms with E-state index in [4.69, 9.17) is 19.7 Å². The fraction of sp³-hybridized carbons (Fsp3) is 0.296. The van der Waals surface area contributed by atoms with Gasteiger partial charge in [0.25, 0.3) is 5.91 Å². The lowest BCUT2D eigenvalue weighted by atomic mass is 9.85. The molecule has 0 saturated carbocycles. The maximum atomic E-state index is 13.5. The summed E-state index contributed by atoms with van der Waals surface area (Å²) in [7, 11) is 5.00. The van der Waals surface area contributed by atoms with Gasteiger partial charge in [-0.2, -0.15) is 5.26 Å². The van der Waals surface area contributed by atoms with Crippen LogP contribution in [0.1, 0.15) is 46.4 Å². The van der Waals surface area contributed by atoms with Gasteiger partial charge in [0.15, 0.2) is 11.5 Å². The molecule has 0 spiro atoms. The fourth-order valence-corrected chi connectivity index (χ4v) is 4.37. The number of ether oxygens (including phenoxy) is 2. The SMILES string of the molecule is COc1ccc(/C=C2\CCCc3c2nc2ccccc2c3C(=O)N(C)CCC#N)cc1OC. The van der Waals surface area contributed by atoms with Crippen LogP contribution >= 0.6 is 0 Å². The van der Waals surface area contributed by atoms with Crippen LogP contribution in [0.3, 0.4) is 0 Å². The summed E-state index contributed by atoms with van der Waals surface area (Å²) in [4.78, 5) is 20.1. The number of fused-ring (bicyclic) bond motifs is 2. The van der Waals surface area contributed by atoms with Crippen molar-refractivity contribution in [3.63, 3.8) is 0 Å². The van der Waals surface area contributed by atoms with Gasteiger partial charge in [0.1, 0.15) is 0 Å². The van der Waals surface area contributed by atoms with Gasteiger partial charge in [0.05, 0.1) is 43.5 Å². The standard InChI is InChI=1S/C27H27N3O3/c1-30(15-7-14-28)27(31)25-20-9-4-5-11-22(20)29-26-19(8-6-10-21(25)26)16-18-12-13-23(32-2)24(17-18)33-3/h4-5,9,11-13,16-17H,6-8,10,15H2,1-3H3/b19-16+. The molecule has 168 valence electrons. The molecule has 1 heterocycles. The van der Waals surface area contributed by atoms with Crippen LogP contribution in [-0.2, 0) is 6.42 Å². The topological polar surface area (TPSA) is 75.5 Å². The number of rotatable bonds is 6. The Morgan fingerprint density at radius 1 is 1.15 bits per heavy atom. The summed E-state index contributed by atoms with van der Waals surface area (Å²) in [5.74, 6) is 1.29. The molecule has 33 heavy (non-hydrogen) atoms. The van der Waals surface area contributed by atoms with Gasteiger partial charge in [-0.3, -0.25) is 4.79 Å². The smallest absolute Gasteiger partial charge is 0.254 e. The number of allylic oxidation sites excluding steroid dienone is 1. The first-order chi connectivity index (χ1) is 16.1. The van der Waals surface area contributed by atoms with Gasteiger partial charge in [-0.1, -0.05) is 24.3 Å². The third-order valence-corrected chi connectivity index (χ3v) is 6.04. The number of nitrogens with zero attached hydrogens (tertiary/aromatic N) is 3. The maximum absolute atomic E-state index is 13.5. The molecule has 3 aromatic rings. The molecule has 4 rings (SSSR count). The second kappa shape index (κ2) is 9.74. The monoisotopic (exact) mass is 441 g/mol. The first-order valence-corrected chi connectivity index (χ1v) is 11.0. The van der Waals surface area contributed by atoms with E-state index < -0.39 is 0 Å². The van der Waals surface area contributed by atoms with Crippen LogP contribution in [0, 0.1) is 11.3 Å². The molecule has 1 aliphatic rings. The van der Waals surface area contributed by atoms with Gasteiger partial charge in [0, 0.05) is 19.0 Å². The molecule has 1 aromatic heterocycles. The van der Waals surface area contributed by atoms with E-state index in [0.29, 0.717) is 30.0 Å². The van der Waals surface area contributed by atoms with E-state index >= 15 is 0 Å². The lowest BCUT2D eigenvalue weighted by Gasteiger charge is -2.25. The number of hydrogen-bond donors (Lipinski definition) is 0. The number of nitriles is 1. The zero-order valence-corrected chi connectivity index (χ0v) is 19.2. The highest BCUT2D eigenvalue weighted by atomic mass is 16.5. The summed E-state index contributed by atoms with van der Waals surface area (Å²) in [6.07, 6.45) is 5.04. The highest BCUT2D eigenvalue weighted by Crippen LogP contribution is 2.37. The zero-order valence-electron chi connectivity index (χ0n) is 19.2. The molecule has 6 heteroatoms. The van der Waals surface area contributed by atoms with E-state index in [-0.39, 0.29) is 5.91 Å². The molecule has 0 N–H and O–H groups in total. The molecule has 1 aliphatic carbocycles. The third-order valence-electron chi connectivity index (χ3n) is 6.04. The maximum Gasteiger partial charge on any atom is 0.254 e. The highest BCUT2D eigenvalue weighted by molar-refractivity contribution is 6.09. The average molecular weight is 442 g/mol. The van der Waals surface area contributed by atoms with Crippen molar-refractivity contribution < 1.29 is 14.3 Å². The normalized spacial score (nSPS) is 13.9. The number of amides is 1. The van der Waals surface area contributed by atoms with Gasteiger partial charge in [-0.25, -0.2) is 4.98 Å². The van der Waals surface area contributed by atoms with Gasteiger partial charge < -0.3 is 14.4 Å². The highest BCUT2D eigenvalue weighted by Gasteiger charge is 2.26. The van der Waals surface area contributed by atoms with Crippen molar-refractivity contribution in [3.05, 3.63) is 64.8 Å². The molecule has 0 bridgehead atoms. The van der Waals surface area contributed by atoms with Crippen molar-refractivity contribution in [2.45, 2.75) is 25.7 Å². The predicted molar refractivity (Wildman–Crippen MR) is 129 cm³/mol. The Morgan fingerprint density at radius 2 is 1.94 bits per heavy atom. The average Bonchev–Trinajstić information content (AvgIpc) is 2.85. The van der Waals surface area contributed by atoms with E-state index in [1.54, 1.807) is 26.2 Å². The van der Waals surface area contributed by atoms with Crippen LogP contribution in [0.15, 0.2) is 42.5 Å². The largest absolute Gasteiger partial charge is 0.493 e. The Kier molecular flexibility index (Phi) is 6.60. The number of pyridine rings is 1. The predicted octanol–water partition coefficient (Wildman–Crippen LogP) is 5.11. The van der Waals surface area contributed by atoms with Gasteiger partial charge in [0.2, 0.25) is 0 Å². The number of carbonyl (C=O) groups excluding carboxylic acids is 1. The van der Waals surface area contributed by atoms with Crippen LogP contribution in [0.25, 0.3) is 22.6 Å². The van der Waals surface area contributed by atoms with E-state index in [0.717, 1.165) is 52.6 Å². The number of benzene rings is 2. The summed E-state index contributed by atoms with van der Waals surface area (Å²) in [5.41, 5.74) is 5.46. The van der Waals surface area contributed by atoms with Crippen molar-refractivity contribution in [2.24, 2.45) is 0 Å². The van der Waals surface area contributed by atoms with E-state index in [1.165, 1.54) is 0 Å². The number of hydrogen-bond acceptors (Lipinski definition) is 5. The molecular formula is C27H27N3O3. The van der Waals surface area contributed by atoms with E-state index in [1.807, 2.05) is 42.5 Å². The molecule has 0 unspecified atom stereocenters. The molecular weight excluding hydrogens is 414 g/mol. The number of para-hydroxylation sites is 1. The van der Waals surface area contributed by atoms with Crippen molar-refractivity contribution in [1.29, 1.82) is 5.26 Å². The Hall–Kier alpha value is -3.85. The minimum absolute atomic E-state index is 0.0625. The second-order valence-electron chi connectivity index (χ2n) is 8.10. The Labute approximate surface area is 194 Å².